The summed E-state index contributed by atoms with van der Waals surface area (Å²) in [7, 11) is 0. The molecule has 1 amide bonds. The Hall–Kier alpha value is -2.98. The first-order valence-electron chi connectivity index (χ1n) is 6.71. The van der Waals surface area contributed by atoms with Crippen LogP contribution in [0, 0.1) is 24.0 Å². The minimum absolute atomic E-state index is 0.0483. The molecule has 0 radical (unpaired) electrons. The van der Waals surface area contributed by atoms with Crippen LogP contribution in [0.3, 0.4) is 0 Å². The molecule has 0 bridgehead atoms. The highest BCUT2D eigenvalue weighted by Gasteiger charge is 2.32. The highest BCUT2D eigenvalue weighted by molar-refractivity contribution is 5.80. The lowest BCUT2D eigenvalue weighted by Gasteiger charge is -2.34. The van der Waals surface area contributed by atoms with E-state index in [-0.39, 0.29) is 17.0 Å². The minimum Gasteiger partial charge on any atom is -0.464 e. The zero-order valence-electron chi connectivity index (χ0n) is 13.4. The van der Waals surface area contributed by atoms with E-state index in [0.717, 1.165) is 5.01 Å². The molecule has 0 fully saturated rings. The predicted molar refractivity (Wildman–Crippen MR) is 80.1 cm³/mol. The number of carboxylic acid groups (broad SMARTS) is 1. The fourth-order valence-corrected chi connectivity index (χ4v) is 2.11. The highest BCUT2D eigenvalue weighted by atomic mass is 16.6. The van der Waals surface area contributed by atoms with Crippen molar-refractivity contribution in [1.82, 2.24) is 25.0 Å². The molecule has 0 atom stereocenters. The third-order valence-electron chi connectivity index (χ3n) is 3.42. The predicted octanol–water partition coefficient (Wildman–Crippen LogP) is 1.75. The van der Waals surface area contributed by atoms with E-state index >= 15 is 0 Å². The first-order valence-corrected chi connectivity index (χ1v) is 6.71. The zero-order chi connectivity index (χ0) is 17.5. The molecular formula is C12H17N7O4. The van der Waals surface area contributed by atoms with E-state index in [1.165, 1.54) is 4.52 Å². The maximum atomic E-state index is 11.5. The van der Waals surface area contributed by atoms with Gasteiger partial charge in [-0.05, 0) is 45.0 Å². The fraction of sp³-hybridized carbons (Fsp3) is 0.500. The van der Waals surface area contributed by atoms with Crippen LogP contribution in [0.1, 0.15) is 32.0 Å². The number of hydrogen-bond donors (Lipinski definition) is 2. The third-order valence-corrected chi connectivity index (χ3v) is 3.42. The Balaban J connectivity index is 2.73. The van der Waals surface area contributed by atoms with E-state index in [9.17, 15) is 20.0 Å². The van der Waals surface area contributed by atoms with Crippen LogP contribution in [0.4, 0.5) is 16.2 Å². The highest BCUT2D eigenvalue weighted by Crippen LogP contribution is 2.34. The van der Waals surface area contributed by atoms with Crippen molar-refractivity contribution in [3.63, 3.8) is 0 Å². The molecule has 124 valence electrons. The first-order chi connectivity index (χ1) is 10.6. The molecule has 11 nitrogen and oxygen atoms in total. The summed E-state index contributed by atoms with van der Waals surface area (Å²) in [6.07, 6.45) is -1.26. The van der Waals surface area contributed by atoms with E-state index in [4.69, 9.17) is 0 Å². The van der Waals surface area contributed by atoms with Crippen molar-refractivity contribution in [1.29, 1.82) is 0 Å². The lowest BCUT2D eigenvalue weighted by molar-refractivity contribution is -0.382. The minimum atomic E-state index is -1.26. The van der Waals surface area contributed by atoms with E-state index in [0.29, 0.717) is 11.3 Å². The summed E-state index contributed by atoms with van der Waals surface area (Å²) in [5.41, 5.74) is 2.48. The van der Waals surface area contributed by atoms with E-state index < -0.39 is 16.6 Å². The molecule has 2 heterocycles. The maximum absolute atomic E-state index is 11.5. The molecule has 0 spiro atoms. The number of fused-ring (bicyclic) bond motifs is 1. The third kappa shape index (κ3) is 2.72. The Bertz CT molecular complexity index is 793. The van der Waals surface area contributed by atoms with E-state index in [1.807, 2.05) is 0 Å². The number of aromatic nitrogens is 4. The standard InChI is InChI=1S/C12H17N7O4/c1-6-7(2)17-10(13-15-16-17)9(19(22)23)8(6)14-18(11(20)21)12(3,4)5/h14H,1-5H3,(H,20,21). The fourth-order valence-electron chi connectivity index (χ4n) is 2.11. The monoisotopic (exact) mass is 323 g/mol. The van der Waals surface area contributed by atoms with Crippen LogP contribution in [0.15, 0.2) is 0 Å². The summed E-state index contributed by atoms with van der Waals surface area (Å²) in [5.74, 6) is 0. The van der Waals surface area contributed by atoms with Crippen molar-refractivity contribution < 1.29 is 14.8 Å². The molecule has 2 aromatic heterocycles. The number of aryl methyl sites for hydroxylation is 1. The molecular weight excluding hydrogens is 306 g/mol. The number of hydrazine groups is 1. The lowest BCUT2D eigenvalue weighted by Crippen LogP contribution is -2.48. The molecule has 23 heavy (non-hydrogen) atoms. The SMILES string of the molecule is Cc1c(NN(C(=O)O)C(C)(C)C)c([N+](=O)[O-])c2nnnn2c1C. The van der Waals surface area contributed by atoms with Crippen molar-refractivity contribution in [2.24, 2.45) is 0 Å². The van der Waals surface area contributed by atoms with Gasteiger partial charge in [0.05, 0.1) is 10.5 Å². The molecule has 0 aliphatic rings. The van der Waals surface area contributed by atoms with Crippen LogP contribution < -0.4 is 5.43 Å². The molecule has 0 aliphatic carbocycles. The van der Waals surface area contributed by atoms with E-state index in [2.05, 4.69) is 21.0 Å². The molecule has 0 saturated carbocycles. The van der Waals surface area contributed by atoms with Crippen LogP contribution in [-0.2, 0) is 0 Å². The smallest absolute Gasteiger partial charge is 0.426 e. The van der Waals surface area contributed by atoms with Gasteiger partial charge >= 0.3 is 11.8 Å². The van der Waals surface area contributed by atoms with Gasteiger partial charge in [-0.15, -0.1) is 5.10 Å². The number of nitrogens with one attached hydrogen (secondary N) is 1. The van der Waals surface area contributed by atoms with Crippen molar-refractivity contribution in [2.45, 2.75) is 40.2 Å². The first kappa shape index (κ1) is 16.4. The summed E-state index contributed by atoms with van der Waals surface area (Å²) in [6, 6.07) is 0. The Kier molecular flexibility index (Phi) is 3.80. The quantitative estimate of drug-likeness (QED) is 0.643. The van der Waals surface area contributed by atoms with E-state index in [1.54, 1.807) is 34.6 Å². The van der Waals surface area contributed by atoms with Gasteiger partial charge in [-0.1, -0.05) is 0 Å². The summed E-state index contributed by atoms with van der Waals surface area (Å²) in [5, 5.41) is 32.6. The van der Waals surface area contributed by atoms with Gasteiger partial charge in [0, 0.05) is 11.3 Å². The van der Waals surface area contributed by atoms with Crippen molar-refractivity contribution in [3.8, 4) is 0 Å². The van der Waals surface area contributed by atoms with Crippen LogP contribution in [0.25, 0.3) is 5.65 Å². The second kappa shape index (κ2) is 5.34. The van der Waals surface area contributed by atoms with Gasteiger partial charge in [0.15, 0.2) is 0 Å². The number of hydrogen-bond acceptors (Lipinski definition) is 7. The number of nitro groups is 1. The summed E-state index contributed by atoms with van der Waals surface area (Å²) < 4.78 is 1.25. The van der Waals surface area contributed by atoms with Crippen LogP contribution in [0.2, 0.25) is 0 Å². The summed E-state index contributed by atoms with van der Waals surface area (Å²) in [4.78, 5) is 22.3. The van der Waals surface area contributed by atoms with Crippen LogP contribution in [-0.4, -0.2) is 46.7 Å². The van der Waals surface area contributed by atoms with Gasteiger partial charge in [-0.2, -0.15) is 4.52 Å². The number of amides is 1. The van der Waals surface area contributed by atoms with Crippen molar-refractivity contribution in [3.05, 3.63) is 21.4 Å². The van der Waals surface area contributed by atoms with Gasteiger partial charge in [0.1, 0.15) is 5.69 Å². The molecule has 11 heteroatoms. The Morgan fingerprint density at radius 3 is 2.48 bits per heavy atom. The number of rotatable bonds is 3. The average Bonchev–Trinajstić information content (AvgIpc) is 2.87. The molecule has 0 unspecified atom stereocenters. The molecule has 0 saturated heterocycles. The number of anilines is 1. The number of tetrazole rings is 1. The lowest BCUT2D eigenvalue weighted by atomic mass is 10.1. The summed E-state index contributed by atoms with van der Waals surface area (Å²) in [6.45, 7) is 8.32. The molecule has 2 rings (SSSR count). The van der Waals surface area contributed by atoms with Gasteiger partial charge in [-0.3, -0.25) is 15.5 Å². The largest absolute Gasteiger partial charge is 0.464 e. The van der Waals surface area contributed by atoms with Crippen LogP contribution >= 0.6 is 0 Å². The average molecular weight is 323 g/mol. The van der Waals surface area contributed by atoms with Crippen molar-refractivity contribution in [2.75, 3.05) is 5.43 Å². The maximum Gasteiger partial charge on any atom is 0.426 e. The summed E-state index contributed by atoms with van der Waals surface area (Å²) >= 11 is 0. The van der Waals surface area contributed by atoms with Crippen LogP contribution in [0.5, 0.6) is 0 Å². The Morgan fingerprint density at radius 1 is 1.39 bits per heavy atom. The Morgan fingerprint density at radius 2 is 2.00 bits per heavy atom. The molecule has 2 N–H and O–H groups in total. The molecule has 2 aromatic rings. The topological polar surface area (TPSA) is 139 Å². The second-order valence-electron chi connectivity index (χ2n) is 6.01. The zero-order valence-corrected chi connectivity index (χ0v) is 13.4. The van der Waals surface area contributed by atoms with Gasteiger partial charge in [0.25, 0.3) is 5.65 Å². The second-order valence-corrected chi connectivity index (χ2v) is 6.01. The normalized spacial score (nSPS) is 11.5. The van der Waals surface area contributed by atoms with Gasteiger partial charge < -0.3 is 5.11 Å². The Labute approximate surface area is 131 Å². The number of pyridine rings is 1. The van der Waals surface area contributed by atoms with Gasteiger partial charge in [-0.25, -0.2) is 9.80 Å². The number of carbonyl (C=O) groups is 1. The molecule has 0 aliphatic heterocycles. The number of nitrogens with zero attached hydrogens (tertiary/aromatic N) is 6. The molecule has 0 aromatic carbocycles. The van der Waals surface area contributed by atoms with Gasteiger partial charge in [0.2, 0.25) is 0 Å². The van der Waals surface area contributed by atoms with Crippen molar-refractivity contribution >= 4 is 23.1 Å².